The van der Waals surface area contributed by atoms with Crippen LogP contribution in [-0.2, 0) is 4.79 Å². The van der Waals surface area contributed by atoms with Crippen molar-refractivity contribution in [3.63, 3.8) is 0 Å². The number of nitrogens with zero attached hydrogens (tertiary/aromatic N) is 2. The Morgan fingerprint density at radius 2 is 1.82 bits per heavy atom. The van der Waals surface area contributed by atoms with Crippen LogP contribution in [0.3, 0.4) is 0 Å². The van der Waals surface area contributed by atoms with Crippen LogP contribution in [0.5, 0.6) is 0 Å². The van der Waals surface area contributed by atoms with Crippen molar-refractivity contribution in [3.8, 4) is 0 Å². The van der Waals surface area contributed by atoms with Crippen molar-refractivity contribution in [2.45, 2.75) is 19.9 Å². The quantitative estimate of drug-likeness (QED) is 0.460. The van der Waals surface area contributed by atoms with Crippen molar-refractivity contribution >= 4 is 40.6 Å². The van der Waals surface area contributed by atoms with Gasteiger partial charge in [-0.2, -0.15) is 0 Å². The molecule has 2 aromatic heterocycles. The molecule has 5 rings (SSSR count). The summed E-state index contributed by atoms with van der Waals surface area (Å²) in [5.74, 6) is 0.860. The third-order valence-electron chi connectivity index (χ3n) is 5.50. The van der Waals surface area contributed by atoms with Gasteiger partial charge in [-0.3, -0.25) is 14.2 Å². The Labute approximate surface area is 204 Å². The molecule has 0 saturated carbocycles. The van der Waals surface area contributed by atoms with Gasteiger partial charge in [0.05, 0.1) is 15.8 Å². The Kier molecular flexibility index (Phi) is 5.81. The lowest BCUT2D eigenvalue weighted by molar-refractivity contribution is -0.113. The number of carbonyl (C=O) groups excluding carboxylic acids is 1. The molecule has 1 atom stereocenters. The number of amides is 1. The lowest BCUT2D eigenvalue weighted by Gasteiger charge is -2.23. The third kappa shape index (κ3) is 4.16. The predicted octanol–water partition coefficient (Wildman–Crippen LogP) is 4.43. The smallest absolute Gasteiger partial charge is 0.271 e. The van der Waals surface area contributed by atoms with Gasteiger partial charge in [-0.25, -0.2) is 4.99 Å². The van der Waals surface area contributed by atoms with Gasteiger partial charge in [0.1, 0.15) is 17.6 Å². The molecule has 1 aliphatic rings. The number of allylic oxidation sites excluding steroid dienone is 1. The molecule has 1 amide bonds. The SMILES string of the molecule is CC1=C(C(=O)Nc2ccccc2)C(c2ccc(C)o2)n2c(s/c(=C/c3ccc(Cl)cc3)c2=O)=N1. The van der Waals surface area contributed by atoms with Crippen molar-refractivity contribution in [2.24, 2.45) is 4.99 Å². The largest absolute Gasteiger partial charge is 0.464 e. The highest BCUT2D eigenvalue weighted by molar-refractivity contribution is 7.07. The number of hydrogen-bond donors (Lipinski definition) is 1. The zero-order valence-electron chi connectivity index (χ0n) is 18.4. The number of carbonyl (C=O) groups is 1. The molecule has 0 bridgehead atoms. The Morgan fingerprint density at radius 1 is 1.09 bits per heavy atom. The van der Waals surface area contributed by atoms with Crippen LogP contribution in [0.25, 0.3) is 6.08 Å². The number of para-hydroxylation sites is 1. The topological polar surface area (TPSA) is 76.6 Å². The molecule has 0 fully saturated rings. The summed E-state index contributed by atoms with van der Waals surface area (Å²) in [6.45, 7) is 3.60. The van der Waals surface area contributed by atoms with Gasteiger partial charge in [0.25, 0.3) is 11.5 Å². The average molecular weight is 490 g/mol. The number of aromatic nitrogens is 1. The minimum atomic E-state index is -0.735. The fourth-order valence-corrected chi connectivity index (χ4v) is 5.08. The maximum atomic E-state index is 13.6. The van der Waals surface area contributed by atoms with Crippen molar-refractivity contribution in [2.75, 3.05) is 5.32 Å². The molecule has 6 nitrogen and oxygen atoms in total. The number of rotatable bonds is 4. The molecule has 4 aromatic rings. The van der Waals surface area contributed by atoms with Crippen LogP contribution in [0.1, 0.15) is 30.0 Å². The molecule has 2 aromatic carbocycles. The van der Waals surface area contributed by atoms with Crippen molar-refractivity contribution in [1.29, 1.82) is 0 Å². The van der Waals surface area contributed by atoms with Gasteiger partial charge in [-0.1, -0.05) is 53.3 Å². The summed E-state index contributed by atoms with van der Waals surface area (Å²) in [7, 11) is 0. The van der Waals surface area contributed by atoms with Crippen molar-refractivity contribution < 1.29 is 9.21 Å². The van der Waals surface area contributed by atoms with Gasteiger partial charge in [0, 0.05) is 10.7 Å². The van der Waals surface area contributed by atoms with Crippen LogP contribution in [0.4, 0.5) is 5.69 Å². The predicted molar refractivity (Wildman–Crippen MR) is 134 cm³/mol. The monoisotopic (exact) mass is 489 g/mol. The molecule has 8 heteroatoms. The van der Waals surface area contributed by atoms with Crippen LogP contribution in [-0.4, -0.2) is 10.5 Å². The van der Waals surface area contributed by atoms with Crippen molar-refractivity contribution in [1.82, 2.24) is 4.57 Å². The number of aryl methyl sites for hydroxylation is 1. The van der Waals surface area contributed by atoms with E-state index in [1.165, 1.54) is 15.9 Å². The first kappa shape index (κ1) is 22.1. The molecule has 0 spiro atoms. The van der Waals surface area contributed by atoms with Gasteiger partial charge in [-0.05, 0) is 61.9 Å². The first-order chi connectivity index (χ1) is 16.4. The summed E-state index contributed by atoms with van der Waals surface area (Å²) in [6.07, 6.45) is 1.80. The highest BCUT2D eigenvalue weighted by Gasteiger charge is 2.34. The number of halogens is 1. The summed E-state index contributed by atoms with van der Waals surface area (Å²) in [4.78, 5) is 32.1. The first-order valence-corrected chi connectivity index (χ1v) is 11.8. The number of anilines is 1. The summed E-state index contributed by atoms with van der Waals surface area (Å²) < 4.78 is 7.96. The second-order valence-corrected chi connectivity index (χ2v) is 9.35. The Hall–Kier alpha value is -3.68. The molecule has 0 saturated heterocycles. The molecule has 34 heavy (non-hydrogen) atoms. The van der Waals surface area contributed by atoms with E-state index in [0.717, 1.165) is 5.56 Å². The summed E-state index contributed by atoms with van der Waals surface area (Å²) >= 11 is 7.27. The van der Waals surface area contributed by atoms with E-state index in [4.69, 9.17) is 16.0 Å². The van der Waals surface area contributed by atoms with Crippen LogP contribution in [0.2, 0.25) is 5.02 Å². The summed E-state index contributed by atoms with van der Waals surface area (Å²) in [5.41, 5.74) is 2.16. The van der Waals surface area contributed by atoms with Crippen LogP contribution in [0, 0.1) is 6.92 Å². The zero-order chi connectivity index (χ0) is 23.8. The molecule has 1 unspecified atom stereocenters. The number of nitrogens with one attached hydrogen (secondary N) is 1. The van der Waals surface area contributed by atoms with Crippen LogP contribution >= 0.6 is 22.9 Å². The highest BCUT2D eigenvalue weighted by Crippen LogP contribution is 2.31. The van der Waals surface area contributed by atoms with E-state index in [1.807, 2.05) is 43.3 Å². The van der Waals surface area contributed by atoms with E-state index >= 15 is 0 Å². The number of fused-ring (bicyclic) bond motifs is 1. The lowest BCUT2D eigenvalue weighted by Crippen LogP contribution is -2.40. The Morgan fingerprint density at radius 3 is 2.50 bits per heavy atom. The maximum Gasteiger partial charge on any atom is 0.271 e. The Balaban J connectivity index is 1.66. The van der Waals surface area contributed by atoms with Gasteiger partial charge in [0.15, 0.2) is 4.80 Å². The zero-order valence-corrected chi connectivity index (χ0v) is 20.0. The van der Waals surface area contributed by atoms with Gasteiger partial charge >= 0.3 is 0 Å². The molecular formula is C26H20ClN3O3S. The standard InChI is InChI=1S/C26H20ClN3O3S/c1-15-8-13-20(33-15)23-22(24(31)29-19-6-4-3-5-7-19)16(2)28-26-30(23)25(32)21(34-26)14-17-9-11-18(27)12-10-17/h3-14,23H,1-2H3,(H,29,31)/b21-14+. The second kappa shape index (κ2) is 8.93. The van der Waals surface area contributed by atoms with E-state index in [2.05, 4.69) is 10.3 Å². The van der Waals surface area contributed by atoms with Crippen LogP contribution in [0.15, 0.2) is 92.2 Å². The minimum Gasteiger partial charge on any atom is -0.464 e. The molecule has 3 heterocycles. The molecule has 1 N–H and O–H groups in total. The fourth-order valence-electron chi connectivity index (χ4n) is 3.91. The van der Waals surface area contributed by atoms with Crippen molar-refractivity contribution in [3.05, 3.63) is 120 Å². The van der Waals surface area contributed by atoms with E-state index in [9.17, 15) is 9.59 Å². The van der Waals surface area contributed by atoms with Gasteiger partial charge in [0.2, 0.25) is 0 Å². The van der Waals surface area contributed by atoms with E-state index in [1.54, 1.807) is 43.3 Å². The second-order valence-electron chi connectivity index (χ2n) is 7.90. The molecule has 170 valence electrons. The van der Waals surface area contributed by atoms with Crippen LogP contribution < -0.4 is 20.2 Å². The lowest BCUT2D eigenvalue weighted by atomic mass is 10.00. The molecule has 0 aliphatic carbocycles. The van der Waals surface area contributed by atoms with Gasteiger partial charge < -0.3 is 9.73 Å². The molecular weight excluding hydrogens is 470 g/mol. The fraction of sp³-hybridized carbons (Fsp3) is 0.115. The number of hydrogen-bond acceptors (Lipinski definition) is 5. The maximum absolute atomic E-state index is 13.6. The number of thiazole rings is 1. The van der Waals surface area contributed by atoms with Gasteiger partial charge in [-0.15, -0.1) is 0 Å². The number of furan rings is 1. The highest BCUT2D eigenvalue weighted by atomic mass is 35.5. The first-order valence-electron chi connectivity index (χ1n) is 10.6. The summed E-state index contributed by atoms with van der Waals surface area (Å²) in [5, 5.41) is 3.54. The van der Waals surface area contributed by atoms with E-state index < -0.39 is 6.04 Å². The minimum absolute atomic E-state index is 0.240. The average Bonchev–Trinajstić information content (AvgIpc) is 3.38. The van der Waals surface area contributed by atoms with E-state index in [0.29, 0.717) is 42.8 Å². The number of benzene rings is 2. The Bertz CT molecular complexity index is 1600. The van der Waals surface area contributed by atoms with E-state index in [-0.39, 0.29) is 11.5 Å². The normalized spacial score (nSPS) is 15.7. The molecule has 0 radical (unpaired) electrons. The summed E-state index contributed by atoms with van der Waals surface area (Å²) in [6, 6.07) is 19.3. The molecule has 1 aliphatic heterocycles. The third-order valence-corrected chi connectivity index (χ3v) is 6.73.